The second-order valence-corrected chi connectivity index (χ2v) is 5.71. The zero-order valence-electron chi connectivity index (χ0n) is 11.8. The number of aliphatic hydroxyl groups excluding tert-OH is 1. The molecule has 1 amide bonds. The van der Waals surface area contributed by atoms with Crippen molar-refractivity contribution in [2.75, 3.05) is 26.2 Å². The van der Waals surface area contributed by atoms with Crippen LogP contribution in [-0.4, -0.2) is 48.2 Å². The SMILES string of the molecule is CC(C)CCC(=O)NCCCN1CCC(O)CC1. The number of amides is 1. The van der Waals surface area contributed by atoms with Crippen LogP contribution in [-0.2, 0) is 4.79 Å². The van der Waals surface area contributed by atoms with E-state index in [4.69, 9.17) is 0 Å². The number of nitrogens with zero attached hydrogens (tertiary/aromatic N) is 1. The Morgan fingerprint density at radius 1 is 1.39 bits per heavy atom. The molecule has 0 aromatic heterocycles. The predicted octanol–water partition coefficient (Wildman–Crippen LogP) is 1.39. The van der Waals surface area contributed by atoms with E-state index in [0.29, 0.717) is 12.3 Å². The largest absolute Gasteiger partial charge is 0.393 e. The number of aliphatic hydroxyl groups is 1. The summed E-state index contributed by atoms with van der Waals surface area (Å²) >= 11 is 0. The molecule has 1 heterocycles. The van der Waals surface area contributed by atoms with Crippen molar-refractivity contribution >= 4 is 5.91 Å². The minimum absolute atomic E-state index is 0.100. The molecule has 1 saturated heterocycles. The number of carbonyl (C=O) groups excluding carboxylic acids is 1. The fourth-order valence-corrected chi connectivity index (χ4v) is 2.18. The van der Waals surface area contributed by atoms with E-state index in [0.717, 1.165) is 51.9 Å². The number of rotatable bonds is 7. The molecule has 0 radical (unpaired) electrons. The third kappa shape index (κ3) is 6.97. The number of piperidine rings is 1. The van der Waals surface area contributed by atoms with Gasteiger partial charge in [-0.1, -0.05) is 13.8 Å². The van der Waals surface area contributed by atoms with Gasteiger partial charge in [0.2, 0.25) is 5.91 Å². The first-order chi connectivity index (χ1) is 8.58. The maximum absolute atomic E-state index is 11.5. The first-order valence-corrected chi connectivity index (χ1v) is 7.25. The van der Waals surface area contributed by atoms with Crippen LogP contribution in [0.25, 0.3) is 0 Å². The van der Waals surface area contributed by atoms with Gasteiger partial charge < -0.3 is 15.3 Å². The van der Waals surface area contributed by atoms with Gasteiger partial charge in [-0.2, -0.15) is 0 Å². The first-order valence-electron chi connectivity index (χ1n) is 7.25. The lowest BCUT2D eigenvalue weighted by atomic mass is 10.1. The lowest BCUT2D eigenvalue weighted by molar-refractivity contribution is -0.121. The predicted molar refractivity (Wildman–Crippen MR) is 73.4 cm³/mol. The van der Waals surface area contributed by atoms with E-state index in [1.54, 1.807) is 0 Å². The van der Waals surface area contributed by atoms with Gasteiger partial charge in [-0.3, -0.25) is 4.79 Å². The van der Waals surface area contributed by atoms with Gasteiger partial charge in [0, 0.05) is 26.1 Å². The fraction of sp³-hybridized carbons (Fsp3) is 0.929. The molecule has 0 bridgehead atoms. The monoisotopic (exact) mass is 256 g/mol. The molecule has 0 saturated carbocycles. The summed E-state index contributed by atoms with van der Waals surface area (Å²) in [5.41, 5.74) is 0. The summed E-state index contributed by atoms with van der Waals surface area (Å²) < 4.78 is 0. The Kier molecular flexibility index (Phi) is 7.28. The first kappa shape index (κ1) is 15.4. The quantitative estimate of drug-likeness (QED) is 0.677. The van der Waals surface area contributed by atoms with Crippen molar-refractivity contribution < 1.29 is 9.90 Å². The van der Waals surface area contributed by atoms with Gasteiger partial charge in [-0.05, 0) is 38.1 Å². The van der Waals surface area contributed by atoms with Crippen LogP contribution in [0.4, 0.5) is 0 Å². The Morgan fingerprint density at radius 3 is 2.67 bits per heavy atom. The summed E-state index contributed by atoms with van der Waals surface area (Å²) in [5.74, 6) is 0.772. The number of hydrogen-bond donors (Lipinski definition) is 2. The molecule has 0 aromatic carbocycles. The zero-order chi connectivity index (χ0) is 13.4. The van der Waals surface area contributed by atoms with E-state index >= 15 is 0 Å². The standard InChI is InChI=1S/C14H28N2O2/c1-12(2)4-5-14(18)15-8-3-9-16-10-6-13(17)7-11-16/h12-13,17H,3-11H2,1-2H3,(H,15,18). The van der Waals surface area contributed by atoms with Crippen LogP contribution in [0.15, 0.2) is 0 Å². The van der Waals surface area contributed by atoms with E-state index < -0.39 is 0 Å². The van der Waals surface area contributed by atoms with Crippen LogP contribution in [0.3, 0.4) is 0 Å². The Balaban J connectivity index is 1.96. The summed E-state index contributed by atoms with van der Waals surface area (Å²) in [7, 11) is 0. The van der Waals surface area contributed by atoms with Crippen molar-refractivity contribution in [1.29, 1.82) is 0 Å². The molecule has 4 nitrogen and oxygen atoms in total. The number of carbonyl (C=O) groups is 1. The van der Waals surface area contributed by atoms with E-state index in [1.807, 2.05) is 0 Å². The highest BCUT2D eigenvalue weighted by molar-refractivity contribution is 5.75. The molecule has 4 heteroatoms. The molecule has 1 aliphatic rings. The van der Waals surface area contributed by atoms with Crippen LogP contribution in [0.5, 0.6) is 0 Å². The maximum Gasteiger partial charge on any atom is 0.220 e. The van der Waals surface area contributed by atoms with Crippen LogP contribution in [0.2, 0.25) is 0 Å². The lowest BCUT2D eigenvalue weighted by Gasteiger charge is -2.29. The van der Waals surface area contributed by atoms with Gasteiger partial charge in [0.1, 0.15) is 0 Å². The Morgan fingerprint density at radius 2 is 2.06 bits per heavy atom. The van der Waals surface area contributed by atoms with Gasteiger partial charge >= 0.3 is 0 Å². The highest BCUT2D eigenvalue weighted by Gasteiger charge is 2.16. The lowest BCUT2D eigenvalue weighted by Crippen LogP contribution is -2.37. The summed E-state index contributed by atoms with van der Waals surface area (Å²) in [6, 6.07) is 0. The molecule has 1 fully saturated rings. The highest BCUT2D eigenvalue weighted by atomic mass is 16.3. The Hall–Kier alpha value is -0.610. The molecule has 106 valence electrons. The van der Waals surface area contributed by atoms with E-state index in [2.05, 4.69) is 24.1 Å². The van der Waals surface area contributed by atoms with Gasteiger partial charge in [0.25, 0.3) is 0 Å². The van der Waals surface area contributed by atoms with Gasteiger partial charge in [0.05, 0.1) is 6.10 Å². The number of nitrogens with one attached hydrogen (secondary N) is 1. The third-order valence-electron chi connectivity index (χ3n) is 3.48. The molecule has 0 aliphatic carbocycles. The Labute approximate surface area is 111 Å². The normalized spacial score (nSPS) is 18.2. The molecule has 2 N–H and O–H groups in total. The molecule has 0 unspecified atom stereocenters. The van der Waals surface area contributed by atoms with E-state index in [1.165, 1.54) is 0 Å². The molecule has 0 aromatic rings. The molecule has 0 spiro atoms. The van der Waals surface area contributed by atoms with Crippen molar-refractivity contribution in [3.8, 4) is 0 Å². The summed E-state index contributed by atoms with van der Waals surface area (Å²) in [4.78, 5) is 13.9. The molecule has 18 heavy (non-hydrogen) atoms. The van der Waals surface area contributed by atoms with Gasteiger partial charge in [-0.25, -0.2) is 0 Å². The minimum atomic E-state index is -0.100. The van der Waals surface area contributed by atoms with E-state index in [-0.39, 0.29) is 12.0 Å². The van der Waals surface area contributed by atoms with Crippen molar-refractivity contribution in [2.45, 2.75) is 52.1 Å². The summed E-state index contributed by atoms with van der Waals surface area (Å²) in [5, 5.41) is 12.4. The average molecular weight is 256 g/mol. The minimum Gasteiger partial charge on any atom is -0.393 e. The smallest absolute Gasteiger partial charge is 0.220 e. The zero-order valence-corrected chi connectivity index (χ0v) is 11.8. The number of likely N-dealkylation sites (tertiary alicyclic amines) is 1. The second-order valence-electron chi connectivity index (χ2n) is 5.71. The van der Waals surface area contributed by atoms with Crippen LogP contribution >= 0.6 is 0 Å². The topological polar surface area (TPSA) is 52.6 Å². The number of hydrogen-bond acceptors (Lipinski definition) is 3. The van der Waals surface area contributed by atoms with E-state index in [9.17, 15) is 9.90 Å². The van der Waals surface area contributed by atoms with Crippen LogP contribution in [0.1, 0.15) is 46.0 Å². The van der Waals surface area contributed by atoms with Crippen LogP contribution in [0, 0.1) is 5.92 Å². The molecular weight excluding hydrogens is 228 g/mol. The third-order valence-corrected chi connectivity index (χ3v) is 3.48. The van der Waals surface area contributed by atoms with Crippen LogP contribution < -0.4 is 5.32 Å². The maximum atomic E-state index is 11.5. The van der Waals surface area contributed by atoms with Crippen molar-refractivity contribution in [1.82, 2.24) is 10.2 Å². The van der Waals surface area contributed by atoms with Crippen molar-refractivity contribution in [3.63, 3.8) is 0 Å². The molecule has 1 aliphatic heterocycles. The molecule has 0 atom stereocenters. The highest BCUT2D eigenvalue weighted by Crippen LogP contribution is 2.09. The second kappa shape index (κ2) is 8.48. The molecule has 1 rings (SSSR count). The van der Waals surface area contributed by atoms with Gasteiger partial charge in [-0.15, -0.1) is 0 Å². The van der Waals surface area contributed by atoms with Crippen molar-refractivity contribution in [3.05, 3.63) is 0 Å². The fourth-order valence-electron chi connectivity index (χ4n) is 2.18. The Bertz CT molecular complexity index is 236. The summed E-state index contributed by atoms with van der Waals surface area (Å²) in [6.45, 7) is 8.05. The summed E-state index contributed by atoms with van der Waals surface area (Å²) in [6.07, 6.45) is 4.30. The van der Waals surface area contributed by atoms with Gasteiger partial charge in [0.15, 0.2) is 0 Å². The average Bonchev–Trinajstić information content (AvgIpc) is 2.34. The molecular formula is C14H28N2O2. The van der Waals surface area contributed by atoms with Crippen molar-refractivity contribution in [2.24, 2.45) is 5.92 Å².